The van der Waals surface area contributed by atoms with E-state index in [1.54, 1.807) is 10.9 Å². The van der Waals surface area contributed by atoms with E-state index in [0.717, 1.165) is 20.1 Å². The molecule has 0 aliphatic carbocycles. The summed E-state index contributed by atoms with van der Waals surface area (Å²) in [5.74, 6) is -0.163. The van der Waals surface area contributed by atoms with Gasteiger partial charge in [0.2, 0.25) is 0 Å². The highest BCUT2D eigenvalue weighted by Gasteiger charge is 2.17. The molecule has 0 aliphatic rings. The van der Waals surface area contributed by atoms with Crippen LogP contribution in [0.2, 0.25) is 0 Å². The molecule has 0 bridgehead atoms. The van der Waals surface area contributed by atoms with E-state index in [1.807, 2.05) is 31.4 Å². The number of aryl methyl sites for hydroxylation is 1. The number of hydrogen-bond donors (Lipinski definition) is 2. The average Bonchev–Trinajstić information content (AvgIpc) is 3.01. The van der Waals surface area contributed by atoms with E-state index in [1.165, 1.54) is 11.3 Å². The van der Waals surface area contributed by atoms with Gasteiger partial charge in [-0.25, -0.2) is 0 Å². The summed E-state index contributed by atoms with van der Waals surface area (Å²) in [6.07, 6.45) is 3.59. The number of aromatic nitrogens is 2. The molecule has 3 aromatic rings. The Bertz CT molecular complexity index is 824. The van der Waals surface area contributed by atoms with Crippen LogP contribution in [-0.4, -0.2) is 15.7 Å². The van der Waals surface area contributed by atoms with Crippen LogP contribution in [0.4, 0.5) is 5.69 Å². The van der Waals surface area contributed by atoms with Crippen molar-refractivity contribution in [1.82, 2.24) is 15.1 Å². The van der Waals surface area contributed by atoms with Gasteiger partial charge in [-0.05, 0) is 12.1 Å². The summed E-state index contributed by atoms with van der Waals surface area (Å²) < 4.78 is 3.60. The maximum Gasteiger partial charge on any atom is 0.263 e. The van der Waals surface area contributed by atoms with Gasteiger partial charge in [-0.1, -0.05) is 22.0 Å². The van der Waals surface area contributed by atoms with Crippen LogP contribution in [0.25, 0.3) is 10.1 Å². The Hall–Kier alpha value is -1.86. The Morgan fingerprint density at radius 1 is 1.52 bits per heavy atom. The van der Waals surface area contributed by atoms with Crippen molar-refractivity contribution in [2.45, 2.75) is 6.54 Å². The van der Waals surface area contributed by atoms with Gasteiger partial charge in [0, 0.05) is 39.9 Å². The normalized spacial score (nSPS) is 11.0. The fourth-order valence-electron chi connectivity index (χ4n) is 2.12. The van der Waals surface area contributed by atoms with Gasteiger partial charge in [0.1, 0.15) is 4.88 Å². The number of nitrogens with zero attached hydrogens (tertiary/aromatic N) is 2. The van der Waals surface area contributed by atoms with E-state index in [9.17, 15) is 4.79 Å². The lowest BCUT2D eigenvalue weighted by Crippen LogP contribution is -2.22. The molecule has 7 heteroatoms. The Kier molecular flexibility index (Phi) is 3.69. The van der Waals surface area contributed by atoms with Gasteiger partial charge in [-0.3, -0.25) is 9.48 Å². The molecular formula is C14H13BrN4OS. The van der Waals surface area contributed by atoms with E-state index in [0.29, 0.717) is 17.1 Å². The summed E-state index contributed by atoms with van der Waals surface area (Å²) in [5.41, 5.74) is 7.59. The SMILES string of the molecule is Cn1cc(CNC(=O)c2sc3cccc(Br)c3c2N)cn1. The molecule has 0 atom stereocenters. The predicted molar refractivity (Wildman–Crippen MR) is 88.3 cm³/mol. The summed E-state index contributed by atoms with van der Waals surface area (Å²) in [5, 5.41) is 7.84. The molecule has 1 aromatic carbocycles. The lowest BCUT2D eigenvalue weighted by Gasteiger charge is -2.02. The van der Waals surface area contributed by atoms with Gasteiger partial charge in [-0.2, -0.15) is 5.10 Å². The number of amides is 1. The Balaban J connectivity index is 1.84. The number of carbonyl (C=O) groups excluding carboxylic acids is 1. The Morgan fingerprint density at radius 2 is 2.33 bits per heavy atom. The first-order valence-corrected chi connectivity index (χ1v) is 7.89. The van der Waals surface area contributed by atoms with Gasteiger partial charge in [0.25, 0.3) is 5.91 Å². The smallest absolute Gasteiger partial charge is 0.263 e. The molecule has 2 aromatic heterocycles. The molecule has 0 unspecified atom stereocenters. The minimum Gasteiger partial charge on any atom is -0.397 e. The molecule has 0 aliphatic heterocycles. The van der Waals surface area contributed by atoms with Crippen LogP contribution in [0.15, 0.2) is 35.1 Å². The van der Waals surface area contributed by atoms with E-state index in [-0.39, 0.29) is 5.91 Å². The maximum atomic E-state index is 12.3. The summed E-state index contributed by atoms with van der Waals surface area (Å²) in [6.45, 7) is 0.432. The second kappa shape index (κ2) is 5.50. The minimum absolute atomic E-state index is 0.163. The van der Waals surface area contributed by atoms with E-state index in [2.05, 4.69) is 26.3 Å². The quantitative estimate of drug-likeness (QED) is 0.750. The van der Waals surface area contributed by atoms with Crippen LogP contribution < -0.4 is 11.1 Å². The number of anilines is 1. The number of fused-ring (bicyclic) bond motifs is 1. The van der Waals surface area contributed by atoms with Crippen molar-refractivity contribution in [3.8, 4) is 0 Å². The summed E-state index contributed by atoms with van der Waals surface area (Å²) in [6, 6.07) is 5.81. The second-order valence-corrected chi connectivity index (χ2v) is 6.57. The standard InChI is InChI=1S/C14H13BrN4OS/c1-19-7-8(6-18-19)5-17-14(20)13-12(16)11-9(15)3-2-4-10(11)21-13/h2-4,6-7H,5,16H2,1H3,(H,17,20). The fourth-order valence-corrected chi connectivity index (χ4v) is 3.90. The third-order valence-corrected chi connectivity index (χ3v) is 4.95. The number of benzene rings is 1. The molecule has 5 nitrogen and oxygen atoms in total. The maximum absolute atomic E-state index is 12.3. The van der Waals surface area contributed by atoms with Crippen LogP contribution in [0.5, 0.6) is 0 Å². The molecule has 0 radical (unpaired) electrons. The molecular weight excluding hydrogens is 352 g/mol. The molecule has 3 N–H and O–H groups in total. The first-order chi connectivity index (χ1) is 10.1. The summed E-state index contributed by atoms with van der Waals surface area (Å²) >= 11 is 4.87. The monoisotopic (exact) mass is 364 g/mol. The zero-order chi connectivity index (χ0) is 15.0. The van der Waals surface area contributed by atoms with Crippen LogP contribution in [0.1, 0.15) is 15.2 Å². The van der Waals surface area contributed by atoms with Gasteiger partial charge in [0.15, 0.2) is 0 Å². The third-order valence-electron chi connectivity index (χ3n) is 3.12. The van der Waals surface area contributed by atoms with Crippen LogP contribution >= 0.6 is 27.3 Å². The molecule has 21 heavy (non-hydrogen) atoms. The Labute approximate surface area is 133 Å². The molecule has 0 fully saturated rings. The number of nitrogens with one attached hydrogen (secondary N) is 1. The highest BCUT2D eigenvalue weighted by atomic mass is 79.9. The van der Waals surface area contributed by atoms with E-state index >= 15 is 0 Å². The van der Waals surface area contributed by atoms with Crippen LogP contribution in [0, 0.1) is 0 Å². The predicted octanol–water partition coefficient (Wildman–Crippen LogP) is 2.91. The van der Waals surface area contributed by atoms with Crippen molar-refractivity contribution in [2.24, 2.45) is 7.05 Å². The number of nitrogen functional groups attached to an aromatic ring is 1. The molecule has 0 saturated heterocycles. The molecule has 2 heterocycles. The Morgan fingerprint density at radius 3 is 3.00 bits per heavy atom. The minimum atomic E-state index is -0.163. The third kappa shape index (κ3) is 2.66. The zero-order valence-electron chi connectivity index (χ0n) is 11.3. The lowest BCUT2D eigenvalue weighted by molar-refractivity contribution is 0.0956. The highest BCUT2D eigenvalue weighted by Crippen LogP contribution is 2.38. The van der Waals surface area contributed by atoms with Crippen molar-refractivity contribution < 1.29 is 4.79 Å². The lowest BCUT2D eigenvalue weighted by atomic mass is 10.2. The zero-order valence-corrected chi connectivity index (χ0v) is 13.7. The first kappa shape index (κ1) is 14.1. The van der Waals surface area contributed by atoms with Gasteiger partial charge in [-0.15, -0.1) is 11.3 Å². The van der Waals surface area contributed by atoms with Crippen molar-refractivity contribution >= 4 is 48.9 Å². The molecule has 1 amide bonds. The second-order valence-electron chi connectivity index (χ2n) is 4.66. The summed E-state index contributed by atoms with van der Waals surface area (Å²) in [7, 11) is 1.84. The topological polar surface area (TPSA) is 72.9 Å². The fraction of sp³-hybridized carbons (Fsp3) is 0.143. The molecule has 3 rings (SSSR count). The number of halogens is 1. The number of carbonyl (C=O) groups is 1. The average molecular weight is 365 g/mol. The van der Waals surface area contributed by atoms with Gasteiger partial charge < -0.3 is 11.1 Å². The van der Waals surface area contributed by atoms with Crippen LogP contribution in [-0.2, 0) is 13.6 Å². The number of hydrogen-bond acceptors (Lipinski definition) is 4. The molecule has 0 saturated carbocycles. The van der Waals surface area contributed by atoms with Gasteiger partial charge >= 0.3 is 0 Å². The van der Waals surface area contributed by atoms with Crippen molar-refractivity contribution in [3.63, 3.8) is 0 Å². The summed E-state index contributed by atoms with van der Waals surface area (Å²) in [4.78, 5) is 12.8. The van der Waals surface area contributed by atoms with Crippen molar-refractivity contribution in [1.29, 1.82) is 0 Å². The van der Waals surface area contributed by atoms with Crippen molar-refractivity contribution in [3.05, 3.63) is 45.5 Å². The molecule has 108 valence electrons. The number of rotatable bonds is 3. The highest BCUT2D eigenvalue weighted by molar-refractivity contribution is 9.10. The largest absolute Gasteiger partial charge is 0.397 e. The van der Waals surface area contributed by atoms with Gasteiger partial charge in [0.05, 0.1) is 11.9 Å². The van der Waals surface area contributed by atoms with E-state index < -0.39 is 0 Å². The van der Waals surface area contributed by atoms with Crippen molar-refractivity contribution in [2.75, 3.05) is 5.73 Å². The van der Waals surface area contributed by atoms with Crippen LogP contribution in [0.3, 0.4) is 0 Å². The molecule has 0 spiro atoms. The first-order valence-electron chi connectivity index (χ1n) is 6.28. The number of nitrogens with two attached hydrogens (primary N) is 1. The van der Waals surface area contributed by atoms with E-state index in [4.69, 9.17) is 5.73 Å². The number of thiophene rings is 1.